The summed E-state index contributed by atoms with van der Waals surface area (Å²) in [5.74, 6) is -0.674. The Morgan fingerprint density at radius 2 is 1.86 bits per heavy atom. The first-order valence-electron chi connectivity index (χ1n) is 11.3. The minimum absolute atomic E-state index is 0.0552. The number of halogens is 2. The van der Waals surface area contributed by atoms with E-state index in [1.807, 2.05) is 24.3 Å². The van der Waals surface area contributed by atoms with Crippen molar-refractivity contribution in [2.45, 2.75) is 30.3 Å². The number of aliphatic hydroxyl groups excluding tert-OH is 1. The van der Waals surface area contributed by atoms with Gasteiger partial charge in [-0.05, 0) is 55.3 Å². The molecular weight excluding hydrogens is 553 g/mol. The summed E-state index contributed by atoms with van der Waals surface area (Å²) in [5, 5.41) is 14.9. The van der Waals surface area contributed by atoms with E-state index in [1.54, 1.807) is 6.07 Å². The van der Waals surface area contributed by atoms with Crippen LogP contribution in [0.25, 0.3) is 11.3 Å². The van der Waals surface area contributed by atoms with E-state index < -0.39 is 27.8 Å². The van der Waals surface area contributed by atoms with Gasteiger partial charge in [-0.2, -0.15) is 4.31 Å². The Balaban J connectivity index is 1.51. The van der Waals surface area contributed by atoms with Crippen molar-refractivity contribution in [1.82, 2.24) is 19.6 Å². The molecule has 3 aromatic rings. The summed E-state index contributed by atoms with van der Waals surface area (Å²) in [7, 11) is -3.95. The number of hydrogen-bond acceptors (Lipinski definition) is 7. The van der Waals surface area contributed by atoms with Crippen molar-refractivity contribution in [3.63, 3.8) is 0 Å². The lowest BCUT2D eigenvalue weighted by Crippen LogP contribution is -2.45. The van der Waals surface area contributed by atoms with Gasteiger partial charge >= 0.3 is 0 Å². The van der Waals surface area contributed by atoms with Crippen molar-refractivity contribution in [2.24, 2.45) is 0 Å². The van der Waals surface area contributed by atoms with Crippen LogP contribution in [-0.2, 0) is 21.4 Å². The van der Waals surface area contributed by atoms with E-state index >= 15 is 0 Å². The summed E-state index contributed by atoms with van der Waals surface area (Å²) in [4.78, 5) is 21.9. The molecule has 12 heteroatoms. The largest absolute Gasteiger partial charge is 0.395 e. The smallest absolute Gasteiger partial charge is 0.243 e. The maximum absolute atomic E-state index is 13.3. The molecule has 3 N–H and O–H groups in total. The fourth-order valence-electron chi connectivity index (χ4n) is 3.93. The maximum Gasteiger partial charge on any atom is 0.243 e. The van der Waals surface area contributed by atoms with E-state index in [4.69, 9.17) is 5.11 Å². The van der Waals surface area contributed by atoms with Gasteiger partial charge in [0.2, 0.25) is 21.9 Å². The molecule has 36 heavy (non-hydrogen) atoms. The topological polar surface area (TPSA) is 125 Å². The van der Waals surface area contributed by atoms with Crippen LogP contribution in [-0.4, -0.2) is 59.4 Å². The number of hydrogen-bond donors (Lipinski definition) is 3. The quantitative estimate of drug-likeness (QED) is 0.357. The molecule has 0 aliphatic carbocycles. The average molecular weight is 578 g/mol. The molecule has 0 saturated carbocycles. The van der Waals surface area contributed by atoms with Crippen LogP contribution in [0.5, 0.6) is 0 Å². The van der Waals surface area contributed by atoms with Gasteiger partial charge in [0.05, 0.1) is 29.4 Å². The van der Waals surface area contributed by atoms with E-state index in [0.29, 0.717) is 30.2 Å². The van der Waals surface area contributed by atoms with Crippen molar-refractivity contribution < 1.29 is 22.7 Å². The van der Waals surface area contributed by atoms with Crippen molar-refractivity contribution in [1.29, 1.82) is 0 Å². The van der Waals surface area contributed by atoms with Crippen LogP contribution in [0, 0.1) is 5.82 Å². The number of aliphatic hydroxyl groups is 1. The highest BCUT2D eigenvalue weighted by Crippen LogP contribution is 2.27. The summed E-state index contributed by atoms with van der Waals surface area (Å²) in [6.45, 7) is 0.416. The van der Waals surface area contributed by atoms with E-state index in [2.05, 4.69) is 36.5 Å². The molecule has 2 aromatic carbocycles. The Bertz CT molecular complexity index is 1320. The minimum atomic E-state index is -3.95. The molecule has 1 aliphatic rings. The Hall–Kier alpha value is -2.93. The molecule has 1 aromatic heterocycles. The predicted octanol–water partition coefficient (Wildman–Crippen LogP) is 2.92. The number of nitrogens with one attached hydrogen (secondary N) is 2. The Kier molecular flexibility index (Phi) is 8.29. The van der Waals surface area contributed by atoms with Crippen LogP contribution in [0.15, 0.2) is 64.0 Å². The van der Waals surface area contributed by atoms with Gasteiger partial charge in [0.25, 0.3) is 0 Å². The minimum Gasteiger partial charge on any atom is -0.395 e. The van der Waals surface area contributed by atoms with Crippen LogP contribution < -0.4 is 10.6 Å². The predicted molar refractivity (Wildman–Crippen MR) is 136 cm³/mol. The lowest BCUT2D eigenvalue weighted by Gasteiger charge is -2.23. The molecule has 1 aliphatic heterocycles. The molecular formula is C24H25BrFN5O4S. The van der Waals surface area contributed by atoms with Crippen molar-refractivity contribution in [3.05, 3.63) is 70.6 Å². The molecule has 1 saturated heterocycles. The zero-order valence-electron chi connectivity index (χ0n) is 19.2. The number of amides is 1. The first kappa shape index (κ1) is 26.1. The van der Waals surface area contributed by atoms with E-state index in [-0.39, 0.29) is 31.1 Å². The fraction of sp³-hybridized carbons (Fsp3) is 0.292. The molecule has 1 amide bonds. The first-order valence-corrected chi connectivity index (χ1v) is 13.5. The molecule has 9 nitrogen and oxygen atoms in total. The zero-order valence-corrected chi connectivity index (χ0v) is 21.6. The van der Waals surface area contributed by atoms with Gasteiger partial charge in [-0.1, -0.05) is 28.1 Å². The Labute approximate surface area is 217 Å². The third kappa shape index (κ3) is 6.06. The standard InChI is InChI=1S/C24H25BrFN5O4S/c25-17-5-3-16(4-6-17)21-14-19(29-24(30-21)27-11-13-32)15-28-23(33)22-2-1-12-31(22)36(34,35)20-9-7-18(26)8-10-20/h3-10,14,22,32H,1-2,11-13,15H2,(H,28,33)(H,27,29,30). The monoisotopic (exact) mass is 577 g/mol. The first-order chi connectivity index (χ1) is 17.3. The number of benzene rings is 2. The molecule has 4 rings (SSSR count). The van der Waals surface area contributed by atoms with Crippen LogP contribution in [0.4, 0.5) is 10.3 Å². The van der Waals surface area contributed by atoms with E-state index in [9.17, 15) is 17.6 Å². The van der Waals surface area contributed by atoms with Gasteiger partial charge in [-0.3, -0.25) is 4.79 Å². The van der Waals surface area contributed by atoms with Gasteiger partial charge in [0, 0.05) is 23.1 Å². The van der Waals surface area contributed by atoms with Crippen LogP contribution >= 0.6 is 15.9 Å². The molecule has 0 spiro atoms. The van der Waals surface area contributed by atoms with Gasteiger partial charge in [0.15, 0.2) is 0 Å². The summed E-state index contributed by atoms with van der Waals surface area (Å²) in [5.41, 5.74) is 1.99. The second-order valence-corrected chi connectivity index (χ2v) is 11.0. The molecule has 190 valence electrons. The highest BCUT2D eigenvalue weighted by atomic mass is 79.9. The van der Waals surface area contributed by atoms with Crippen LogP contribution in [0.1, 0.15) is 18.5 Å². The molecule has 0 bridgehead atoms. The lowest BCUT2D eigenvalue weighted by atomic mass is 10.1. The molecule has 1 unspecified atom stereocenters. The van der Waals surface area contributed by atoms with Crippen molar-refractivity contribution >= 4 is 37.8 Å². The van der Waals surface area contributed by atoms with Gasteiger partial charge in [-0.25, -0.2) is 22.8 Å². The normalized spacial score (nSPS) is 16.1. The van der Waals surface area contributed by atoms with Gasteiger partial charge in [0.1, 0.15) is 11.9 Å². The van der Waals surface area contributed by atoms with Crippen molar-refractivity contribution in [3.8, 4) is 11.3 Å². The summed E-state index contributed by atoms with van der Waals surface area (Å²) in [6, 6.07) is 13.0. The fourth-order valence-corrected chi connectivity index (χ4v) is 5.85. The Morgan fingerprint density at radius 3 is 2.56 bits per heavy atom. The number of carbonyl (C=O) groups excluding carboxylic acids is 1. The van der Waals surface area contributed by atoms with Crippen LogP contribution in [0.2, 0.25) is 0 Å². The molecule has 2 heterocycles. The van der Waals surface area contributed by atoms with Crippen LogP contribution in [0.3, 0.4) is 0 Å². The zero-order chi connectivity index (χ0) is 25.7. The van der Waals surface area contributed by atoms with Crippen molar-refractivity contribution in [2.75, 3.05) is 25.0 Å². The SMILES string of the molecule is O=C(NCc1cc(-c2ccc(Br)cc2)nc(NCCO)n1)C1CCCN1S(=O)(=O)c1ccc(F)cc1. The summed E-state index contributed by atoms with van der Waals surface area (Å²) < 4.78 is 41.5. The van der Waals surface area contributed by atoms with Gasteiger partial charge in [-0.15, -0.1) is 0 Å². The lowest BCUT2D eigenvalue weighted by molar-refractivity contribution is -0.124. The summed E-state index contributed by atoms with van der Waals surface area (Å²) in [6.07, 6.45) is 0.915. The van der Waals surface area contributed by atoms with E-state index in [0.717, 1.165) is 26.5 Å². The summed E-state index contributed by atoms with van der Waals surface area (Å²) >= 11 is 3.41. The maximum atomic E-state index is 13.3. The third-order valence-corrected chi connectivity index (χ3v) is 8.14. The number of sulfonamides is 1. The third-order valence-electron chi connectivity index (χ3n) is 5.68. The van der Waals surface area contributed by atoms with Gasteiger partial charge < -0.3 is 15.7 Å². The number of rotatable bonds is 9. The second-order valence-electron chi connectivity index (χ2n) is 8.17. The number of nitrogens with zero attached hydrogens (tertiary/aromatic N) is 3. The molecule has 0 radical (unpaired) electrons. The molecule has 1 fully saturated rings. The average Bonchev–Trinajstić information content (AvgIpc) is 3.38. The van der Waals surface area contributed by atoms with E-state index in [1.165, 1.54) is 12.1 Å². The highest BCUT2D eigenvalue weighted by molar-refractivity contribution is 9.10. The number of aromatic nitrogens is 2. The highest BCUT2D eigenvalue weighted by Gasteiger charge is 2.39. The number of anilines is 1. The second kappa shape index (κ2) is 11.4. The molecule has 1 atom stereocenters. The Morgan fingerprint density at radius 1 is 1.14 bits per heavy atom. The number of carbonyl (C=O) groups is 1.